The second kappa shape index (κ2) is 14.1. The van der Waals surface area contributed by atoms with Crippen LogP contribution in [0.3, 0.4) is 0 Å². The Morgan fingerprint density at radius 1 is 0.929 bits per heavy atom. The van der Waals surface area contributed by atoms with Crippen molar-refractivity contribution >= 4 is 63.8 Å². The van der Waals surface area contributed by atoms with Crippen LogP contribution in [-0.2, 0) is 14.4 Å². The smallest absolute Gasteiger partial charge is 0.294 e. The molecule has 0 aromatic heterocycles. The van der Waals surface area contributed by atoms with E-state index >= 15 is 0 Å². The van der Waals surface area contributed by atoms with Crippen molar-refractivity contribution in [2.75, 3.05) is 30.4 Å². The summed E-state index contributed by atoms with van der Waals surface area (Å²) in [5.74, 6) is -0.363. The molecule has 0 radical (unpaired) electrons. The highest BCUT2D eigenvalue weighted by atomic mass is 35.5. The number of anilines is 2. The fraction of sp³-hybridized carbons (Fsp3) is 0.226. The Labute approximate surface area is 253 Å². The summed E-state index contributed by atoms with van der Waals surface area (Å²) in [6, 6.07) is 19.1. The second-order valence-electron chi connectivity index (χ2n) is 9.58. The summed E-state index contributed by atoms with van der Waals surface area (Å²) in [6.07, 6.45) is 1.55. The number of thioether (sulfide) groups is 1. The minimum absolute atomic E-state index is 0.172. The number of imide groups is 1. The lowest BCUT2D eigenvalue weighted by molar-refractivity contribution is -0.127. The van der Waals surface area contributed by atoms with Crippen LogP contribution in [0.25, 0.3) is 6.08 Å². The third kappa shape index (κ3) is 8.14. The predicted octanol–water partition coefficient (Wildman–Crippen LogP) is 6.55. The molecule has 2 N–H and O–H groups in total. The molecular weight excluding hydrogens is 578 g/mol. The minimum Gasteiger partial charge on any atom is -0.490 e. The van der Waals surface area contributed by atoms with Gasteiger partial charge in [0.25, 0.3) is 17.1 Å². The zero-order chi connectivity index (χ0) is 30.2. The Morgan fingerprint density at radius 2 is 1.67 bits per heavy atom. The van der Waals surface area contributed by atoms with Gasteiger partial charge >= 0.3 is 0 Å². The van der Waals surface area contributed by atoms with Gasteiger partial charge in [-0.15, -0.1) is 0 Å². The standard InChI is InChI=1S/C31H30ClN3O6S/c1-4-40-26-14-20(8-13-25(26)41-18-29(37)34-24-7-5-6-22(32)16-24)15-27-30(38)35(31(39)42-27)17-28(36)33-23-11-9-21(10-12-23)19(2)3/h5-16,19H,4,17-18H2,1-3H3,(H,33,36)(H,34,37)/b27-15+. The average molecular weight is 608 g/mol. The van der Waals surface area contributed by atoms with Crippen molar-refractivity contribution in [3.05, 3.63) is 87.8 Å². The molecule has 0 unspecified atom stereocenters. The van der Waals surface area contributed by atoms with Crippen LogP contribution in [0.1, 0.15) is 37.8 Å². The van der Waals surface area contributed by atoms with Crippen LogP contribution >= 0.6 is 23.4 Å². The molecule has 1 saturated heterocycles. The maximum Gasteiger partial charge on any atom is 0.294 e. The molecule has 218 valence electrons. The number of hydrogen-bond acceptors (Lipinski definition) is 7. The first-order valence-electron chi connectivity index (χ1n) is 13.2. The van der Waals surface area contributed by atoms with Crippen molar-refractivity contribution < 1.29 is 28.7 Å². The maximum absolute atomic E-state index is 13.0. The van der Waals surface area contributed by atoms with Gasteiger partial charge in [0.2, 0.25) is 5.91 Å². The summed E-state index contributed by atoms with van der Waals surface area (Å²) in [7, 11) is 0. The highest BCUT2D eigenvalue weighted by Crippen LogP contribution is 2.35. The van der Waals surface area contributed by atoms with Gasteiger partial charge < -0.3 is 20.1 Å². The van der Waals surface area contributed by atoms with Crippen LogP contribution in [0.2, 0.25) is 5.02 Å². The number of carbonyl (C=O) groups excluding carboxylic acids is 4. The molecule has 1 aliphatic rings. The number of halogens is 1. The first kappa shape index (κ1) is 30.7. The van der Waals surface area contributed by atoms with E-state index in [0.29, 0.717) is 46.0 Å². The molecular formula is C31H30ClN3O6S. The van der Waals surface area contributed by atoms with Crippen LogP contribution in [0.5, 0.6) is 11.5 Å². The van der Waals surface area contributed by atoms with Gasteiger partial charge in [-0.05, 0) is 84.3 Å². The SMILES string of the molecule is CCOc1cc(/C=C2/SC(=O)N(CC(=O)Nc3ccc(C(C)C)cc3)C2=O)ccc1OCC(=O)Nc1cccc(Cl)c1. The molecule has 3 aromatic rings. The van der Waals surface area contributed by atoms with Gasteiger partial charge in [-0.3, -0.25) is 24.1 Å². The van der Waals surface area contributed by atoms with Crippen LogP contribution in [-0.4, -0.2) is 47.6 Å². The van der Waals surface area contributed by atoms with E-state index in [1.807, 2.05) is 12.1 Å². The number of amides is 4. The highest BCUT2D eigenvalue weighted by Gasteiger charge is 2.36. The van der Waals surface area contributed by atoms with E-state index in [2.05, 4.69) is 24.5 Å². The summed E-state index contributed by atoms with van der Waals surface area (Å²) in [6.45, 7) is 5.62. The van der Waals surface area contributed by atoms with E-state index in [-0.39, 0.29) is 17.4 Å². The number of hydrogen-bond donors (Lipinski definition) is 2. The van der Waals surface area contributed by atoms with Gasteiger partial charge in [0.1, 0.15) is 6.54 Å². The van der Waals surface area contributed by atoms with Gasteiger partial charge in [0, 0.05) is 16.4 Å². The molecule has 42 heavy (non-hydrogen) atoms. The number of rotatable bonds is 11. The molecule has 0 saturated carbocycles. The quantitative estimate of drug-likeness (QED) is 0.237. The number of nitrogens with one attached hydrogen (secondary N) is 2. The molecule has 1 fully saturated rings. The number of carbonyl (C=O) groups is 4. The van der Waals surface area contributed by atoms with Gasteiger partial charge in [-0.2, -0.15) is 0 Å². The lowest BCUT2D eigenvalue weighted by Gasteiger charge is -2.13. The largest absolute Gasteiger partial charge is 0.490 e. The molecule has 9 nitrogen and oxygen atoms in total. The van der Waals surface area contributed by atoms with Crippen molar-refractivity contribution in [1.82, 2.24) is 4.90 Å². The van der Waals surface area contributed by atoms with Gasteiger partial charge in [-0.1, -0.05) is 49.7 Å². The number of nitrogens with zero attached hydrogens (tertiary/aromatic N) is 1. The molecule has 11 heteroatoms. The first-order chi connectivity index (χ1) is 20.1. The molecule has 0 spiro atoms. The number of ether oxygens (including phenoxy) is 2. The lowest BCUT2D eigenvalue weighted by atomic mass is 10.0. The van der Waals surface area contributed by atoms with Crippen molar-refractivity contribution in [2.45, 2.75) is 26.7 Å². The normalized spacial score (nSPS) is 13.9. The van der Waals surface area contributed by atoms with Gasteiger partial charge in [0.05, 0.1) is 11.5 Å². The van der Waals surface area contributed by atoms with E-state index < -0.39 is 23.6 Å². The van der Waals surface area contributed by atoms with Crippen molar-refractivity contribution in [1.29, 1.82) is 0 Å². The Balaban J connectivity index is 1.39. The molecule has 0 aliphatic carbocycles. The predicted molar refractivity (Wildman–Crippen MR) is 165 cm³/mol. The van der Waals surface area contributed by atoms with Crippen LogP contribution in [0.15, 0.2) is 71.6 Å². The monoisotopic (exact) mass is 607 g/mol. The molecule has 0 bridgehead atoms. The van der Waals surface area contributed by atoms with E-state index in [1.165, 1.54) is 0 Å². The summed E-state index contributed by atoms with van der Waals surface area (Å²) >= 11 is 6.71. The Bertz CT molecular complexity index is 1520. The fourth-order valence-corrected chi connectivity index (χ4v) is 5.02. The summed E-state index contributed by atoms with van der Waals surface area (Å²) in [5, 5.41) is 5.39. The molecule has 3 aromatic carbocycles. The molecule has 4 amide bonds. The van der Waals surface area contributed by atoms with Crippen molar-refractivity contribution in [3.63, 3.8) is 0 Å². The zero-order valence-electron chi connectivity index (χ0n) is 23.3. The van der Waals surface area contributed by atoms with Gasteiger partial charge in [-0.25, -0.2) is 0 Å². The minimum atomic E-state index is -0.564. The van der Waals surface area contributed by atoms with E-state index in [9.17, 15) is 19.2 Å². The van der Waals surface area contributed by atoms with Crippen molar-refractivity contribution in [3.8, 4) is 11.5 Å². The molecule has 4 rings (SSSR count). The second-order valence-corrected chi connectivity index (χ2v) is 11.0. The highest BCUT2D eigenvalue weighted by molar-refractivity contribution is 8.18. The Kier molecular flexibility index (Phi) is 10.3. The van der Waals surface area contributed by atoms with Crippen LogP contribution < -0.4 is 20.1 Å². The third-order valence-electron chi connectivity index (χ3n) is 6.07. The van der Waals surface area contributed by atoms with Crippen LogP contribution in [0, 0.1) is 0 Å². The first-order valence-corrected chi connectivity index (χ1v) is 14.4. The lowest BCUT2D eigenvalue weighted by Crippen LogP contribution is -2.36. The molecule has 1 aliphatic heterocycles. The van der Waals surface area contributed by atoms with E-state index in [0.717, 1.165) is 22.2 Å². The van der Waals surface area contributed by atoms with Crippen molar-refractivity contribution in [2.24, 2.45) is 0 Å². The topological polar surface area (TPSA) is 114 Å². The molecule has 1 heterocycles. The summed E-state index contributed by atoms with van der Waals surface area (Å²) in [4.78, 5) is 51.6. The third-order valence-corrected chi connectivity index (χ3v) is 7.21. The van der Waals surface area contributed by atoms with E-state index in [4.69, 9.17) is 21.1 Å². The van der Waals surface area contributed by atoms with E-state index in [1.54, 1.807) is 67.6 Å². The van der Waals surface area contributed by atoms with Crippen LogP contribution in [0.4, 0.5) is 16.2 Å². The maximum atomic E-state index is 13.0. The fourth-order valence-electron chi connectivity index (χ4n) is 3.99. The number of benzene rings is 3. The van der Waals surface area contributed by atoms with Gasteiger partial charge in [0.15, 0.2) is 18.1 Å². The Hall–Kier alpha value is -4.28. The summed E-state index contributed by atoms with van der Waals surface area (Å²) < 4.78 is 11.4. The summed E-state index contributed by atoms with van der Waals surface area (Å²) in [5.41, 5.74) is 2.84. The molecule has 0 atom stereocenters. The average Bonchev–Trinajstić information content (AvgIpc) is 3.20. The Morgan fingerprint density at radius 3 is 2.36 bits per heavy atom. The zero-order valence-corrected chi connectivity index (χ0v) is 24.9.